The third-order valence-electron chi connectivity index (χ3n) is 4.57. The first-order valence-corrected chi connectivity index (χ1v) is 6.79. The summed E-state index contributed by atoms with van der Waals surface area (Å²) in [6, 6.07) is 0. The molecule has 0 aromatic rings. The SMILES string of the molecule is C[C@@H]1C[C@H](O)C=C(CO)[C@@]1(C)CCC1OCCO1. The molecule has 0 spiro atoms. The van der Waals surface area contributed by atoms with Gasteiger partial charge in [-0.3, -0.25) is 0 Å². The molecule has 1 heterocycles. The molecule has 0 bridgehead atoms. The third kappa shape index (κ3) is 2.77. The summed E-state index contributed by atoms with van der Waals surface area (Å²) in [5.74, 6) is 0.348. The van der Waals surface area contributed by atoms with Gasteiger partial charge >= 0.3 is 0 Å². The van der Waals surface area contributed by atoms with Gasteiger partial charge in [-0.25, -0.2) is 0 Å². The molecule has 4 heteroatoms. The summed E-state index contributed by atoms with van der Waals surface area (Å²) >= 11 is 0. The smallest absolute Gasteiger partial charge is 0.157 e. The topological polar surface area (TPSA) is 58.9 Å². The highest BCUT2D eigenvalue weighted by Crippen LogP contribution is 2.45. The Labute approximate surface area is 109 Å². The van der Waals surface area contributed by atoms with E-state index in [0.29, 0.717) is 19.1 Å². The average Bonchev–Trinajstić information content (AvgIpc) is 2.84. The summed E-state index contributed by atoms with van der Waals surface area (Å²) in [7, 11) is 0. The average molecular weight is 256 g/mol. The minimum atomic E-state index is -0.422. The van der Waals surface area contributed by atoms with E-state index in [1.165, 1.54) is 0 Å². The second-order valence-electron chi connectivity index (χ2n) is 5.68. The molecule has 1 saturated heterocycles. The highest BCUT2D eigenvalue weighted by atomic mass is 16.7. The first-order valence-electron chi connectivity index (χ1n) is 6.79. The van der Waals surface area contributed by atoms with Gasteiger partial charge in [-0.15, -0.1) is 0 Å². The van der Waals surface area contributed by atoms with E-state index in [2.05, 4.69) is 13.8 Å². The van der Waals surface area contributed by atoms with E-state index in [1.54, 1.807) is 0 Å². The van der Waals surface area contributed by atoms with Crippen LogP contribution in [0.5, 0.6) is 0 Å². The summed E-state index contributed by atoms with van der Waals surface area (Å²) in [5, 5.41) is 19.3. The van der Waals surface area contributed by atoms with E-state index in [4.69, 9.17) is 9.47 Å². The Hall–Kier alpha value is -0.420. The first kappa shape index (κ1) is 14.0. The van der Waals surface area contributed by atoms with E-state index >= 15 is 0 Å². The lowest BCUT2D eigenvalue weighted by Gasteiger charge is -2.42. The first-order chi connectivity index (χ1) is 8.56. The van der Waals surface area contributed by atoms with Gasteiger partial charge in [0.05, 0.1) is 25.9 Å². The Morgan fingerprint density at radius 1 is 1.39 bits per heavy atom. The molecule has 3 atom stereocenters. The predicted molar refractivity (Wildman–Crippen MR) is 68.0 cm³/mol. The maximum atomic E-state index is 9.76. The number of hydrogen-bond donors (Lipinski definition) is 2. The second-order valence-corrected chi connectivity index (χ2v) is 5.68. The van der Waals surface area contributed by atoms with Crippen LogP contribution in [0.4, 0.5) is 0 Å². The fraction of sp³-hybridized carbons (Fsp3) is 0.857. The molecule has 1 fully saturated rings. The van der Waals surface area contributed by atoms with Crippen LogP contribution in [0.1, 0.15) is 33.1 Å². The van der Waals surface area contributed by atoms with E-state index in [0.717, 1.165) is 24.8 Å². The van der Waals surface area contributed by atoms with E-state index in [-0.39, 0.29) is 18.3 Å². The number of hydrogen-bond acceptors (Lipinski definition) is 4. The summed E-state index contributed by atoms with van der Waals surface area (Å²) < 4.78 is 10.9. The molecule has 2 N–H and O–H groups in total. The minimum Gasteiger partial charge on any atom is -0.392 e. The van der Waals surface area contributed by atoms with Gasteiger partial charge in [0.1, 0.15) is 0 Å². The maximum absolute atomic E-state index is 9.76. The lowest BCUT2D eigenvalue weighted by molar-refractivity contribution is -0.0562. The van der Waals surface area contributed by atoms with Crippen molar-refractivity contribution in [3.05, 3.63) is 11.6 Å². The van der Waals surface area contributed by atoms with Crippen LogP contribution in [0.2, 0.25) is 0 Å². The molecule has 0 aromatic carbocycles. The Kier molecular flexibility index (Phi) is 4.43. The van der Waals surface area contributed by atoms with E-state index < -0.39 is 6.10 Å². The van der Waals surface area contributed by atoms with Crippen LogP contribution in [-0.4, -0.2) is 42.4 Å². The lowest BCUT2D eigenvalue weighted by Crippen LogP contribution is -2.37. The van der Waals surface area contributed by atoms with Gasteiger partial charge in [0.25, 0.3) is 0 Å². The van der Waals surface area contributed by atoms with Crippen LogP contribution >= 0.6 is 0 Å². The Balaban J connectivity index is 2.03. The molecule has 0 radical (unpaired) electrons. The Bertz CT molecular complexity index is 309. The van der Waals surface area contributed by atoms with Crippen LogP contribution in [0.15, 0.2) is 11.6 Å². The van der Waals surface area contributed by atoms with Gasteiger partial charge in [-0.1, -0.05) is 19.9 Å². The zero-order valence-corrected chi connectivity index (χ0v) is 11.3. The van der Waals surface area contributed by atoms with Crippen molar-refractivity contribution in [2.24, 2.45) is 11.3 Å². The number of ether oxygens (including phenoxy) is 2. The van der Waals surface area contributed by atoms with Gasteiger partial charge in [-0.2, -0.15) is 0 Å². The van der Waals surface area contributed by atoms with Crippen molar-refractivity contribution in [1.29, 1.82) is 0 Å². The van der Waals surface area contributed by atoms with E-state index in [1.807, 2.05) is 6.08 Å². The van der Waals surface area contributed by atoms with E-state index in [9.17, 15) is 10.2 Å². The molecule has 104 valence electrons. The van der Waals surface area contributed by atoms with Gasteiger partial charge in [0.15, 0.2) is 6.29 Å². The summed E-state index contributed by atoms with van der Waals surface area (Å²) in [6.45, 7) is 5.68. The highest BCUT2D eigenvalue weighted by Gasteiger charge is 2.39. The van der Waals surface area contributed by atoms with Crippen molar-refractivity contribution < 1.29 is 19.7 Å². The standard InChI is InChI=1S/C14H24O4/c1-10-7-12(16)8-11(9-15)14(10,2)4-3-13-17-5-6-18-13/h8,10,12-13,15-16H,3-7,9H2,1-2H3/t10-,12+,14+/m1/s1. The Morgan fingerprint density at radius 3 is 2.67 bits per heavy atom. The zero-order chi connectivity index (χ0) is 13.2. The molecule has 2 aliphatic rings. The molecule has 1 aliphatic heterocycles. The monoisotopic (exact) mass is 256 g/mol. The van der Waals surface area contributed by atoms with Crippen LogP contribution in [0.3, 0.4) is 0 Å². The molecule has 18 heavy (non-hydrogen) atoms. The van der Waals surface area contributed by atoms with Crippen molar-refractivity contribution in [2.75, 3.05) is 19.8 Å². The lowest BCUT2D eigenvalue weighted by atomic mass is 9.64. The fourth-order valence-corrected chi connectivity index (χ4v) is 3.06. The number of aliphatic hydroxyl groups is 2. The van der Waals surface area contributed by atoms with Crippen molar-refractivity contribution in [3.8, 4) is 0 Å². The van der Waals surface area contributed by atoms with Gasteiger partial charge in [0, 0.05) is 0 Å². The van der Waals surface area contributed by atoms with Gasteiger partial charge in [0.2, 0.25) is 0 Å². The van der Waals surface area contributed by atoms with Crippen molar-refractivity contribution in [3.63, 3.8) is 0 Å². The molecule has 0 saturated carbocycles. The maximum Gasteiger partial charge on any atom is 0.157 e. The quantitative estimate of drug-likeness (QED) is 0.748. The van der Waals surface area contributed by atoms with Crippen LogP contribution < -0.4 is 0 Å². The molecule has 0 aromatic heterocycles. The second kappa shape index (κ2) is 5.70. The zero-order valence-electron chi connectivity index (χ0n) is 11.3. The van der Waals surface area contributed by atoms with Crippen LogP contribution in [0.25, 0.3) is 0 Å². The largest absolute Gasteiger partial charge is 0.392 e. The normalized spacial score (nSPS) is 37.9. The molecule has 1 aliphatic carbocycles. The molecular weight excluding hydrogens is 232 g/mol. The summed E-state index contributed by atoms with van der Waals surface area (Å²) in [4.78, 5) is 0. The fourth-order valence-electron chi connectivity index (χ4n) is 3.06. The van der Waals surface area contributed by atoms with Crippen LogP contribution in [0, 0.1) is 11.3 Å². The molecule has 2 rings (SSSR count). The van der Waals surface area contributed by atoms with Crippen molar-refractivity contribution >= 4 is 0 Å². The number of rotatable bonds is 4. The molecule has 0 amide bonds. The molecule has 4 nitrogen and oxygen atoms in total. The van der Waals surface area contributed by atoms with Crippen molar-refractivity contribution in [2.45, 2.75) is 45.5 Å². The predicted octanol–water partition coefficient (Wildman–Crippen LogP) is 1.47. The molecular formula is C14H24O4. The molecule has 0 unspecified atom stereocenters. The van der Waals surface area contributed by atoms with Gasteiger partial charge in [-0.05, 0) is 36.2 Å². The third-order valence-corrected chi connectivity index (χ3v) is 4.57. The van der Waals surface area contributed by atoms with Gasteiger partial charge < -0.3 is 19.7 Å². The Morgan fingerprint density at radius 2 is 2.06 bits per heavy atom. The number of aliphatic hydroxyl groups excluding tert-OH is 2. The summed E-state index contributed by atoms with van der Waals surface area (Å²) in [6.07, 6.45) is 3.81. The minimum absolute atomic E-state index is 0.0181. The highest BCUT2D eigenvalue weighted by molar-refractivity contribution is 5.21. The summed E-state index contributed by atoms with van der Waals surface area (Å²) in [5.41, 5.74) is 0.885. The van der Waals surface area contributed by atoms with Crippen molar-refractivity contribution in [1.82, 2.24) is 0 Å². The van der Waals surface area contributed by atoms with Crippen LogP contribution in [-0.2, 0) is 9.47 Å².